The van der Waals surface area contributed by atoms with Crippen LogP contribution >= 0.6 is 0 Å². The Hall–Kier alpha value is -3.37. The molecule has 0 radical (unpaired) electrons. The average Bonchev–Trinajstić information content (AvgIpc) is 2.84. The fraction of sp³-hybridized carbons (Fsp3) is 0.409. The van der Waals surface area contributed by atoms with Crippen LogP contribution in [-0.2, 0) is 4.74 Å². The lowest BCUT2D eigenvalue weighted by Crippen LogP contribution is -2.41. The van der Waals surface area contributed by atoms with Gasteiger partial charge in [-0.25, -0.2) is 0 Å². The Bertz CT molecular complexity index is 932. The molecule has 1 aliphatic heterocycles. The maximum Gasteiger partial charge on any atom is 0.257 e. The second kappa shape index (κ2) is 11.3. The van der Waals surface area contributed by atoms with Crippen LogP contribution in [-0.4, -0.2) is 82.4 Å². The van der Waals surface area contributed by atoms with Gasteiger partial charge in [-0.2, -0.15) is 0 Å². The topological polar surface area (TPSA) is 111 Å². The van der Waals surface area contributed by atoms with E-state index in [2.05, 4.69) is 20.5 Å². The third kappa shape index (κ3) is 5.45. The summed E-state index contributed by atoms with van der Waals surface area (Å²) in [5.74, 6) is -0.0899. The van der Waals surface area contributed by atoms with Gasteiger partial charge in [0, 0.05) is 44.6 Å². The molecule has 172 valence electrons. The van der Waals surface area contributed by atoms with Crippen molar-refractivity contribution >= 4 is 17.5 Å². The minimum absolute atomic E-state index is 0.143. The minimum Gasteiger partial charge on any atom is -0.493 e. The second-order valence-corrected chi connectivity index (χ2v) is 6.97. The zero-order valence-corrected chi connectivity index (χ0v) is 18.5. The van der Waals surface area contributed by atoms with Crippen molar-refractivity contribution < 1.29 is 28.5 Å². The van der Waals surface area contributed by atoms with E-state index >= 15 is 0 Å². The van der Waals surface area contributed by atoms with Crippen LogP contribution in [0.5, 0.6) is 17.2 Å². The first kappa shape index (κ1) is 23.3. The fourth-order valence-electron chi connectivity index (χ4n) is 3.41. The highest BCUT2D eigenvalue weighted by Gasteiger charge is 2.27. The van der Waals surface area contributed by atoms with Crippen molar-refractivity contribution in [2.24, 2.45) is 0 Å². The smallest absolute Gasteiger partial charge is 0.257 e. The molecule has 2 N–H and O–H groups in total. The highest BCUT2D eigenvalue weighted by atomic mass is 16.5. The number of hydrogen-bond acceptors (Lipinski definition) is 8. The summed E-state index contributed by atoms with van der Waals surface area (Å²) in [6.45, 7) is 4.11. The average molecular weight is 444 g/mol. The Morgan fingerprint density at radius 3 is 2.47 bits per heavy atom. The molecule has 0 bridgehead atoms. The van der Waals surface area contributed by atoms with E-state index in [4.69, 9.17) is 18.9 Å². The number of hydrogen-bond donors (Lipinski definition) is 2. The number of nitrogens with one attached hydrogen (secondary N) is 2. The molecule has 1 saturated heterocycles. The Morgan fingerprint density at radius 1 is 1.09 bits per heavy atom. The lowest BCUT2D eigenvalue weighted by Gasteiger charge is -2.26. The summed E-state index contributed by atoms with van der Waals surface area (Å²) in [6, 6.07) is 4.82. The van der Waals surface area contributed by atoms with Crippen LogP contribution in [0.25, 0.3) is 0 Å². The predicted molar refractivity (Wildman–Crippen MR) is 118 cm³/mol. The first-order valence-corrected chi connectivity index (χ1v) is 10.2. The number of morpholine rings is 1. The number of carbonyl (C=O) groups excluding carboxylic acids is 2. The maximum absolute atomic E-state index is 13.2. The molecule has 0 atom stereocenters. The largest absolute Gasteiger partial charge is 0.493 e. The van der Waals surface area contributed by atoms with E-state index in [0.29, 0.717) is 37.6 Å². The van der Waals surface area contributed by atoms with E-state index in [9.17, 15) is 9.59 Å². The van der Waals surface area contributed by atoms with E-state index in [1.165, 1.54) is 33.6 Å². The van der Waals surface area contributed by atoms with Crippen molar-refractivity contribution in [3.63, 3.8) is 0 Å². The first-order valence-electron chi connectivity index (χ1n) is 10.2. The van der Waals surface area contributed by atoms with E-state index in [0.717, 1.165) is 13.1 Å². The third-order valence-electron chi connectivity index (χ3n) is 5.05. The molecule has 2 heterocycles. The number of nitrogens with zero attached hydrogens (tertiary/aromatic N) is 2. The number of aromatic nitrogens is 1. The molecule has 0 saturated carbocycles. The highest BCUT2D eigenvalue weighted by Crippen LogP contribution is 2.44. The SMILES string of the molecule is COc1cc(NC(=O)c2cccnc2)c(C(=O)NCCN2CCOCC2)c(OC)c1OC. The Kier molecular flexibility index (Phi) is 8.23. The van der Waals surface area contributed by atoms with Crippen molar-refractivity contribution in [1.29, 1.82) is 0 Å². The van der Waals surface area contributed by atoms with Crippen molar-refractivity contribution in [2.45, 2.75) is 0 Å². The Labute approximate surface area is 186 Å². The summed E-state index contributed by atoms with van der Waals surface area (Å²) in [4.78, 5) is 32.1. The molecule has 0 aliphatic carbocycles. The van der Waals surface area contributed by atoms with Gasteiger partial charge in [-0.3, -0.25) is 19.5 Å². The predicted octanol–water partition coefficient (Wildman–Crippen LogP) is 1.42. The third-order valence-corrected chi connectivity index (χ3v) is 5.05. The van der Waals surface area contributed by atoms with Gasteiger partial charge in [0.2, 0.25) is 5.75 Å². The van der Waals surface area contributed by atoms with Gasteiger partial charge in [-0.15, -0.1) is 0 Å². The monoisotopic (exact) mass is 444 g/mol. The maximum atomic E-state index is 13.2. The van der Waals surface area contributed by atoms with Crippen LogP contribution < -0.4 is 24.8 Å². The fourth-order valence-corrected chi connectivity index (χ4v) is 3.41. The summed E-state index contributed by atoms with van der Waals surface area (Å²) < 4.78 is 21.6. The number of methoxy groups -OCH3 is 3. The number of benzene rings is 1. The molecule has 2 aromatic rings. The van der Waals surface area contributed by atoms with Crippen LogP contribution in [0, 0.1) is 0 Å². The molecule has 10 nitrogen and oxygen atoms in total. The molecular weight excluding hydrogens is 416 g/mol. The summed E-state index contributed by atoms with van der Waals surface area (Å²) in [6.07, 6.45) is 3.01. The Balaban J connectivity index is 1.88. The Morgan fingerprint density at radius 2 is 1.84 bits per heavy atom. The zero-order chi connectivity index (χ0) is 22.9. The molecule has 0 unspecified atom stereocenters. The van der Waals surface area contributed by atoms with Gasteiger partial charge in [-0.05, 0) is 12.1 Å². The molecule has 3 rings (SSSR count). The molecule has 2 amide bonds. The molecule has 1 aliphatic rings. The van der Waals surface area contributed by atoms with E-state index in [1.807, 2.05) is 0 Å². The standard InChI is InChI=1S/C22H28N4O6/c1-29-17-13-16(25-21(27)15-5-4-6-23-14-15)18(20(31-3)19(17)30-2)22(28)24-7-8-26-9-11-32-12-10-26/h4-6,13-14H,7-12H2,1-3H3,(H,24,28)(H,25,27). The highest BCUT2D eigenvalue weighted by molar-refractivity contribution is 6.11. The first-order chi connectivity index (χ1) is 15.6. The number of anilines is 1. The number of amides is 2. The minimum atomic E-state index is -0.422. The van der Waals surface area contributed by atoms with Crippen LogP contribution in [0.1, 0.15) is 20.7 Å². The number of ether oxygens (including phenoxy) is 4. The van der Waals surface area contributed by atoms with Crippen molar-refractivity contribution in [1.82, 2.24) is 15.2 Å². The quantitative estimate of drug-likeness (QED) is 0.598. The normalized spacial score (nSPS) is 13.8. The lowest BCUT2D eigenvalue weighted by molar-refractivity contribution is 0.0383. The molecule has 1 aromatic heterocycles. The van der Waals surface area contributed by atoms with Gasteiger partial charge in [-0.1, -0.05) is 0 Å². The molecule has 1 aromatic carbocycles. The van der Waals surface area contributed by atoms with Gasteiger partial charge in [0.15, 0.2) is 11.5 Å². The van der Waals surface area contributed by atoms with Gasteiger partial charge >= 0.3 is 0 Å². The lowest BCUT2D eigenvalue weighted by atomic mass is 10.1. The summed E-state index contributed by atoms with van der Waals surface area (Å²) in [5, 5.41) is 5.67. The molecule has 0 spiro atoms. The van der Waals surface area contributed by atoms with E-state index in [1.54, 1.807) is 18.3 Å². The van der Waals surface area contributed by atoms with Gasteiger partial charge in [0.05, 0.1) is 45.8 Å². The van der Waals surface area contributed by atoms with Crippen molar-refractivity contribution in [3.8, 4) is 17.2 Å². The van der Waals surface area contributed by atoms with Gasteiger partial charge < -0.3 is 29.6 Å². The molecular formula is C22H28N4O6. The summed E-state index contributed by atoms with van der Waals surface area (Å²) in [7, 11) is 4.34. The van der Waals surface area contributed by atoms with Gasteiger partial charge in [0.1, 0.15) is 5.56 Å². The number of rotatable bonds is 9. The van der Waals surface area contributed by atoms with Crippen LogP contribution in [0.2, 0.25) is 0 Å². The van der Waals surface area contributed by atoms with E-state index < -0.39 is 11.8 Å². The number of pyridine rings is 1. The summed E-state index contributed by atoms with van der Waals surface area (Å²) in [5.41, 5.74) is 0.724. The van der Waals surface area contributed by atoms with Gasteiger partial charge in [0.25, 0.3) is 11.8 Å². The summed E-state index contributed by atoms with van der Waals surface area (Å²) >= 11 is 0. The zero-order valence-electron chi connectivity index (χ0n) is 18.5. The van der Waals surface area contributed by atoms with Crippen molar-refractivity contribution in [2.75, 3.05) is 66.0 Å². The van der Waals surface area contributed by atoms with E-state index in [-0.39, 0.29) is 22.7 Å². The van der Waals surface area contributed by atoms with Crippen LogP contribution in [0.4, 0.5) is 5.69 Å². The molecule has 1 fully saturated rings. The van der Waals surface area contributed by atoms with Crippen LogP contribution in [0.15, 0.2) is 30.6 Å². The molecule has 10 heteroatoms. The van der Waals surface area contributed by atoms with Crippen LogP contribution in [0.3, 0.4) is 0 Å². The number of carbonyl (C=O) groups is 2. The second-order valence-electron chi connectivity index (χ2n) is 6.97. The van der Waals surface area contributed by atoms with Crippen molar-refractivity contribution in [3.05, 3.63) is 41.7 Å². The molecule has 32 heavy (non-hydrogen) atoms.